The van der Waals surface area contributed by atoms with Gasteiger partial charge in [-0.3, -0.25) is 9.48 Å². The molecule has 6 rings (SSSR count). The quantitative estimate of drug-likeness (QED) is 0.331. The Morgan fingerprint density at radius 2 is 1.90 bits per heavy atom. The Hall–Kier alpha value is -2.66. The molecule has 2 aromatic carbocycles. The average Bonchev–Trinajstić information content (AvgIpc) is 3.36. The molecule has 2 bridgehead atoms. The second-order valence-electron chi connectivity index (χ2n) is 11.2. The van der Waals surface area contributed by atoms with Gasteiger partial charge in [-0.15, -0.1) is 0 Å². The first-order chi connectivity index (χ1) is 19.6. The third kappa shape index (κ3) is 5.98. The van der Waals surface area contributed by atoms with Crippen molar-refractivity contribution in [3.05, 3.63) is 69.7 Å². The van der Waals surface area contributed by atoms with Gasteiger partial charge in [-0.2, -0.15) is 5.10 Å². The molecule has 1 amide bonds. The standard InChI is InChI=1S/C29H31Cl2FN4O4S/c1-41(38,39)10-9-33-29(37)21-8-7-19(12-25(21)32)35-15-17-11-20(35)13-27(17)40-16-26-22(14-34-36(26)18-5-6-18)28-23(30)3-2-4-24(28)31/h2-4,7-8,12,14,17-18,20,27H,5-6,9-11,13,15-16H2,1H3,(H,33,37)/t17-,20-,27+/m0/s1. The number of piperidine rings is 1. The van der Waals surface area contributed by atoms with Crippen molar-refractivity contribution in [3.63, 3.8) is 0 Å². The monoisotopic (exact) mass is 620 g/mol. The average molecular weight is 622 g/mol. The van der Waals surface area contributed by atoms with Crippen LogP contribution in [0.15, 0.2) is 42.6 Å². The smallest absolute Gasteiger partial charge is 0.254 e. The number of benzene rings is 2. The number of hydrogen-bond acceptors (Lipinski definition) is 6. The second-order valence-corrected chi connectivity index (χ2v) is 14.3. The summed E-state index contributed by atoms with van der Waals surface area (Å²) in [5.41, 5.74) is 3.27. The molecule has 2 heterocycles. The fourth-order valence-corrected chi connectivity index (χ4v) is 7.13. The van der Waals surface area contributed by atoms with Gasteiger partial charge in [-0.1, -0.05) is 29.3 Å². The number of ether oxygens (including phenoxy) is 1. The van der Waals surface area contributed by atoms with Crippen LogP contribution in [-0.2, 0) is 21.2 Å². The summed E-state index contributed by atoms with van der Waals surface area (Å²) in [5.74, 6) is -1.16. The van der Waals surface area contributed by atoms with Crippen LogP contribution < -0.4 is 10.2 Å². The van der Waals surface area contributed by atoms with Crippen molar-refractivity contribution in [3.8, 4) is 11.1 Å². The normalized spacial score (nSPS) is 22.0. The zero-order valence-electron chi connectivity index (χ0n) is 22.5. The summed E-state index contributed by atoms with van der Waals surface area (Å²) in [6.07, 6.45) is 6.93. The highest BCUT2D eigenvalue weighted by molar-refractivity contribution is 7.90. The van der Waals surface area contributed by atoms with Crippen LogP contribution in [0, 0.1) is 11.7 Å². The molecular formula is C29H31Cl2FN4O4S. The van der Waals surface area contributed by atoms with Crippen molar-refractivity contribution >= 4 is 44.6 Å². The topological polar surface area (TPSA) is 93.5 Å². The Balaban J connectivity index is 1.10. The van der Waals surface area contributed by atoms with E-state index in [1.54, 1.807) is 6.07 Å². The van der Waals surface area contributed by atoms with Crippen molar-refractivity contribution < 1.29 is 22.3 Å². The lowest BCUT2D eigenvalue weighted by Crippen LogP contribution is -2.38. The maximum atomic E-state index is 14.9. The molecule has 3 atom stereocenters. The van der Waals surface area contributed by atoms with Gasteiger partial charge in [0, 0.05) is 48.1 Å². The van der Waals surface area contributed by atoms with Gasteiger partial charge in [0.05, 0.1) is 52.0 Å². The van der Waals surface area contributed by atoms with Gasteiger partial charge in [-0.25, -0.2) is 12.8 Å². The highest BCUT2D eigenvalue weighted by Crippen LogP contribution is 2.44. The van der Waals surface area contributed by atoms with Gasteiger partial charge in [0.15, 0.2) is 0 Å². The minimum absolute atomic E-state index is 0.0650. The number of carbonyl (C=O) groups is 1. The number of rotatable bonds is 10. The third-order valence-electron chi connectivity index (χ3n) is 8.22. The number of anilines is 1. The summed E-state index contributed by atoms with van der Waals surface area (Å²) in [6.45, 7) is 1.07. The summed E-state index contributed by atoms with van der Waals surface area (Å²) in [5, 5.41) is 8.28. The van der Waals surface area contributed by atoms with E-state index in [9.17, 15) is 17.6 Å². The molecule has 218 valence electrons. The van der Waals surface area contributed by atoms with Crippen LogP contribution in [-0.4, -0.2) is 61.3 Å². The molecule has 8 nitrogen and oxygen atoms in total. The van der Waals surface area contributed by atoms with Gasteiger partial charge >= 0.3 is 0 Å². The fourth-order valence-electron chi connectivity index (χ4n) is 6.05. The van der Waals surface area contributed by atoms with E-state index in [2.05, 4.69) is 20.0 Å². The molecule has 0 unspecified atom stereocenters. The van der Waals surface area contributed by atoms with E-state index >= 15 is 0 Å². The van der Waals surface area contributed by atoms with Crippen LogP contribution in [0.1, 0.15) is 47.8 Å². The lowest BCUT2D eigenvalue weighted by Gasteiger charge is -2.33. The molecule has 0 radical (unpaired) electrons. The summed E-state index contributed by atoms with van der Waals surface area (Å²) in [4.78, 5) is 14.5. The Labute approximate surface area is 248 Å². The highest BCUT2D eigenvalue weighted by atomic mass is 35.5. The van der Waals surface area contributed by atoms with Crippen molar-refractivity contribution in [1.29, 1.82) is 0 Å². The number of halogens is 3. The van der Waals surface area contributed by atoms with Gasteiger partial charge in [0.1, 0.15) is 15.7 Å². The molecule has 3 aliphatic rings. The Kier molecular flexibility index (Phi) is 7.78. The van der Waals surface area contributed by atoms with E-state index in [0.717, 1.165) is 61.0 Å². The van der Waals surface area contributed by atoms with Gasteiger partial charge in [0.25, 0.3) is 5.91 Å². The summed E-state index contributed by atoms with van der Waals surface area (Å²) >= 11 is 13.1. The first-order valence-electron chi connectivity index (χ1n) is 13.7. The molecule has 1 N–H and O–H groups in total. The first-order valence-corrected chi connectivity index (χ1v) is 16.5. The largest absolute Gasteiger partial charge is 0.371 e. The number of nitrogens with zero attached hydrogens (tertiary/aromatic N) is 3. The lowest BCUT2D eigenvalue weighted by atomic mass is 10.0. The molecule has 3 fully saturated rings. The molecule has 0 spiro atoms. The SMILES string of the molecule is CS(=O)(=O)CCNC(=O)c1ccc(N2C[C@@H]3C[C@H]2C[C@H]3OCc2c(-c3c(Cl)cccc3Cl)cnn2C2CC2)cc1F. The van der Waals surface area contributed by atoms with E-state index in [-0.39, 0.29) is 30.0 Å². The molecule has 1 aliphatic heterocycles. The molecular weight excluding hydrogens is 590 g/mol. The Bertz CT molecular complexity index is 1570. The second kappa shape index (κ2) is 11.2. The van der Waals surface area contributed by atoms with Crippen LogP contribution in [0.4, 0.5) is 10.1 Å². The molecule has 1 aromatic heterocycles. The predicted octanol–water partition coefficient (Wildman–Crippen LogP) is 5.29. The zero-order valence-corrected chi connectivity index (χ0v) is 24.9. The van der Waals surface area contributed by atoms with Gasteiger partial charge in [-0.05, 0) is 56.0 Å². The van der Waals surface area contributed by atoms with Gasteiger partial charge in [0.2, 0.25) is 0 Å². The number of fused-ring (bicyclic) bond motifs is 2. The van der Waals surface area contributed by atoms with Crippen molar-refractivity contribution in [2.45, 2.75) is 50.5 Å². The molecule has 2 saturated carbocycles. The molecule has 3 aromatic rings. The number of nitrogens with one attached hydrogen (secondary N) is 1. The Morgan fingerprint density at radius 3 is 2.54 bits per heavy atom. The van der Waals surface area contributed by atoms with E-state index < -0.39 is 21.6 Å². The molecule has 12 heteroatoms. The highest BCUT2D eigenvalue weighted by Gasteiger charge is 2.45. The van der Waals surface area contributed by atoms with Crippen LogP contribution in [0.2, 0.25) is 10.0 Å². The van der Waals surface area contributed by atoms with Crippen LogP contribution >= 0.6 is 23.2 Å². The van der Waals surface area contributed by atoms with E-state index in [0.29, 0.717) is 28.6 Å². The maximum Gasteiger partial charge on any atom is 0.254 e. The zero-order chi connectivity index (χ0) is 28.9. The number of sulfone groups is 1. The molecule has 1 saturated heterocycles. The van der Waals surface area contributed by atoms with Gasteiger partial charge < -0.3 is 15.0 Å². The lowest BCUT2D eigenvalue weighted by molar-refractivity contribution is 0.00958. The van der Waals surface area contributed by atoms with Crippen molar-refractivity contribution in [1.82, 2.24) is 15.1 Å². The van der Waals surface area contributed by atoms with Crippen molar-refractivity contribution in [2.75, 3.05) is 30.0 Å². The first kappa shape index (κ1) is 28.5. The van der Waals surface area contributed by atoms with Crippen LogP contribution in [0.3, 0.4) is 0 Å². The number of aromatic nitrogens is 2. The Morgan fingerprint density at radius 1 is 1.15 bits per heavy atom. The van der Waals surface area contributed by atoms with E-state index in [4.69, 9.17) is 27.9 Å². The number of amides is 1. The van der Waals surface area contributed by atoms with Crippen LogP contribution in [0.25, 0.3) is 11.1 Å². The summed E-state index contributed by atoms with van der Waals surface area (Å²) < 4.78 is 46.0. The third-order valence-corrected chi connectivity index (χ3v) is 9.80. The molecule has 2 aliphatic carbocycles. The minimum atomic E-state index is -3.22. The number of hydrogen-bond donors (Lipinski definition) is 1. The fraction of sp³-hybridized carbons (Fsp3) is 0.448. The van der Waals surface area contributed by atoms with Crippen LogP contribution in [0.5, 0.6) is 0 Å². The van der Waals surface area contributed by atoms with Crippen molar-refractivity contribution in [2.24, 2.45) is 5.92 Å². The maximum absolute atomic E-state index is 14.9. The number of carbonyl (C=O) groups excluding carboxylic acids is 1. The predicted molar refractivity (Wildman–Crippen MR) is 157 cm³/mol. The summed E-state index contributed by atoms with van der Waals surface area (Å²) in [6, 6.07) is 10.7. The summed E-state index contributed by atoms with van der Waals surface area (Å²) in [7, 11) is -3.22. The van der Waals surface area contributed by atoms with E-state index in [1.807, 2.05) is 24.4 Å². The minimum Gasteiger partial charge on any atom is -0.371 e. The van der Waals surface area contributed by atoms with E-state index in [1.165, 1.54) is 12.1 Å². The molecule has 41 heavy (non-hydrogen) atoms.